The molecule has 0 aliphatic carbocycles. The molecule has 0 unspecified atom stereocenters. The van der Waals surface area contributed by atoms with Crippen LogP contribution in [0, 0.1) is 0 Å². The summed E-state index contributed by atoms with van der Waals surface area (Å²) in [4.78, 5) is 0. The van der Waals surface area contributed by atoms with Crippen molar-refractivity contribution in [3.8, 4) is 0 Å². The van der Waals surface area contributed by atoms with Crippen LogP contribution < -0.4 is 3.61 Å². The first-order valence-corrected chi connectivity index (χ1v) is 6.55. The second-order valence-corrected chi connectivity index (χ2v) is 5.13. The van der Waals surface area contributed by atoms with E-state index in [2.05, 4.69) is 25.1 Å². The Morgan fingerprint density at radius 2 is 2.17 bits per heavy atom. The predicted octanol–water partition coefficient (Wildman–Crippen LogP) is 2.33. The van der Waals surface area contributed by atoms with Crippen molar-refractivity contribution >= 4 is 24.5 Å². The van der Waals surface area contributed by atoms with E-state index < -0.39 is 20.9 Å². The van der Waals surface area contributed by atoms with Crippen LogP contribution in [-0.4, -0.2) is 20.9 Å². The summed E-state index contributed by atoms with van der Waals surface area (Å²) in [7, 11) is 0. The SMILES string of the molecule is [2H]/C(=C\CCC)[Te]c1ccccc1. The van der Waals surface area contributed by atoms with Crippen LogP contribution in [0.3, 0.4) is 0 Å². The van der Waals surface area contributed by atoms with Crippen LogP contribution in [0.4, 0.5) is 0 Å². The Morgan fingerprint density at radius 3 is 2.83 bits per heavy atom. The molecule has 0 bridgehead atoms. The van der Waals surface area contributed by atoms with Crippen molar-refractivity contribution in [1.29, 1.82) is 0 Å². The Kier molecular flexibility index (Phi) is 4.38. The zero-order valence-electron chi connectivity index (χ0n) is 8.29. The summed E-state index contributed by atoms with van der Waals surface area (Å²) in [5, 5.41) is 0. The summed E-state index contributed by atoms with van der Waals surface area (Å²) in [6, 6.07) is 10.4. The van der Waals surface area contributed by atoms with Crippen molar-refractivity contribution in [1.82, 2.24) is 0 Å². The normalized spacial score (nSPS) is 12.8. The maximum atomic E-state index is 7.73. The van der Waals surface area contributed by atoms with Gasteiger partial charge >= 0.3 is 86.2 Å². The standard InChI is InChI=1S/C11H14Te/c1-2-3-7-10-12-11-8-5-4-6-9-11/h4-10H,2-3H2,1H3/b10-7+/i10D. The van der Waals surface area contributed by atoms with E-state index >= 15 is 0 Å². The van der Waals surface area contributed by atoms with Crippen LogP contribution in [-0.2, 0) is 0 Å². The molecule has 0 nitrogen and oxygen atoms in total. The van der Waals surface area contributed by atoms with Crippen molar-refractivity contribution < 1.29 is 1.37 Å². The molecule has 0 aromatic heterocycles. The van der Waals surface area contributed by atoms with Gasteiger partial charge in [-0.25, -0.2) is 0 Å². The van der Waals surface area contributed by atoms with Crippen LogP contribution in [0.1, 0.15) is 21.1 Å². The first-order valence-electron chi connectivity index (χ1n) is 4.72. The van der Waals surface area contributed by atoms with Gasteiger partial charge in [-0.3, -0.25) is 0 Å². The van der Waals surface area contributed by atoms with Crippen LogP contribution in [0.15, 0.2) is 40.5 Å². The van der Waals surface area contributed by atoms with Crippen LogP contribution in [0.5, 0.6) is 0 Å². The Bertz CT molecular complexity index is 267. The minimum absolute atomic E-state index is 0.400. The molecule has 0 saturated heterocycles. The summed E-state index contributed by atoms with van der Waals surface area (Å²) in [5.74, 6) is 0. The van der Waals surface area contributed by atoms with Gasteiger partial charge in [-0.05, 0) is 0 Å². The summed E-state index contributed by atoms with van der Waals surface area (Å²) in [6.07, 6.45) is 4.26. The van der Waals surface area contributed by atoms with Crippen LogP contribution in [0.25, 0.3) is 0 Å². The van der Waals surface area contributed by atoms with E-state index in [0.29, 0.717) is 0 Å². The number of rotatable bonds is 4. The molecule has 12 heavy (non-hydrogen) atoms. The van der Waals surface area contributed by atoms with Gasteiger partial charge in [0.25, 0.3) is 0 Å². The van der Waals surface area contributed by atoms with Gasteiger partial charge in [0.2, 0.25) is 0 Å². The van der Waals surface area contributed by atoms with Gasteiger partial charge in [-0.2, -0.15) is 0 Å². The zero-order valence-corrected chi connectivity index (χ0v) is 9.62. The number of benzene rings is 1. The van der Waals surface area contributed by atoms with Gasteiger partial charge < -0.3 is 0 Å². The van der Waals surface area contributed by atoms with Crippen LogP contribution >= 0.6 is 0 Å². The average Bonchev–Trinajstić information content (AvgIpc) is 2.16. The van der Waals surface area contributed by atoms with E-state index in [4.69, 9.17) is 1.37 Å². The van der Waals surface area contributed by atoms with Crippen molar-refractivity contribution in [2.45, 2.75) is 19.8 Å². The second kappa shape index (κ2) is 6.29. The topological polar surface area (TPSA) is 0 Å². The Labute approximate surface area is 86.2 Å². The molecule has 0 aliphatic rings. The van der Waals surface area contributed by atoms with Crippen LogP contribution in [0.2, 0.25) is 0 Å². The second-order valence-electron chi connectivity index (χ2n) is 2.53. The molecule has 1 heteroatoms. The molecule has 1 aromatic carbocycles. The summed E-state index contributed by atoms with van der Waals surface area (Å²) >= 11 is -0.400. The number of allylic oxidation sites excluding steroid dienone is 1. The average molecular weight is 275 g/mol. The van der Waals surface area contributed by atoms with E-state index in [1.165, 1.54) is 3.61 Å². The molecular weight excluding hydrogens is 260 g/mol. The molecular formula is C11H14Te. The molecule has 0 heterocycles. The van der Waals surface area contributed by atoms with Crippen molar-refractivity contribution in [3.63, 3.8) is 0 Å². The van der Waals surface area contributed by atoms with Gasteiger partial charge in [0, 0.05) is 0 Å². The van der Waals surface area contributed by atoms with E-state index in [-0.39, 0.29) is 0 Å². The zero-order chi connectivity index (χ0) is 9.52. The molecule has 1 aromatic rings. The third kappa shape index (κ3) is 3.95. The summed E-state index contributed by atoms with van der Waals surface area (Å²) < 4.78 is 9.94. The molecule has 0 aliphatic heterocycles. The molecule has 64 valence electrons. The quantitative estimate of drug-likeness (QED) is 0.740. The number of hydrogen-bond donors (Lipinski definition) is 0. The Balaban J connectivity index is 2.50. The molecule has 0 saturated carbocycles. The number of hydrogen-bond acceptors (Lipinski definition) is 0. The Hall–Kier alpha value is -0.250. The fraction of sp³-hybridized carbons (Fsp3) is 0.273. The molecule has 0 amide bonds. The van der Waals surface area contributed by atoms with Crippen molar-refractivity contribution in [2.75, 3.05) is 0 Å². The fourth-order valence-corrected chi connectivity index (χ4v) is 2.60. The van der Waals surface area contributed by atoms with Gasteiger partial charge in [-0.15, -0.1) is 0 Å². The van der Waals surface area contributed by atoms with E-state index in [9.17, 15) is 0 Å². The van der Waals surface area contributed by atoms with Gasteiger partial charge in [0.15, 0.2) is 0 Å². The number of unbranched alkanes of at least 4 members (excludes halogenated alkanes) is 1. The first kappa shape index (κ1) is 8.35. The predicted molar refractivity (Wildman–Crippen MR) is 55.9 cm³/mol. The van der Waals surface area contributed by atoms with E-state index in [1.54, 1.807) is 0 Å². The third-order valence-corrected chi connectivity index (χ3v) is 3.70. The van der Waals surface area contributed by atoms with Crippen molar-refractivity contribution in [3.05, 3.63) is 40.5 Å². The minimum atomic E-state index is -0.400. The molecule has 0 radical (unpaired) electrons. The van der Waals surface area contributed by atoms with Gasteiger partial charge in [-0.1, -0.05) is 0 Å². The van der Waals surface area contributed by atoms with Gasteiger partial charge in [0.1, 0.15) is 0 Å². The summed E-state index contributed by atoms with van der Waals surface area (Å²) in [5.41, 5.74) is 0. The Morgan fingerprint density at radius 1 is 1.42 bits per heavy atom. The third-order valence-electron chi connectivity index (χ3n) is 1.44. The van der Waals surface area contributed by atoms with E-state index in [0.717, 1.165) is 16.9 Å². The molecule has 1 rings (SSSR count). The molecule has 0 atom stereocenters. The summed E-state index contributed by atoms with van der Waals surface area (Å²) in [6.45, 7) is 2.15. The first-order chi connectivity index (χ1) is 6.33. The molecule has 0 N–H and O–H groups in total. The van der Waals surface area contributed by atoms with E-state index in [1.807, 2.05) is 18.2 Å². The monoisotopic (exact) mass is 277 g/mol. The maximum absolute atomic E-state index is 7.73. The molecule has 0 fully saturated rings. The van der Waals surface area contributed by atoms with Crippen molar-refractivity contribution in [2.24, 2.45) is 0 Å². The fourth-order valence-electron chi connectivity index (χ4n) is 0.802. The van der Waals surface area contributed by atoms with Gasteiger partial charge in [0.05, 0.1) is 0 Å². The molecule has 0 spiro atoms.